The lowest BCUT2D eigenvalue weighted by atomic mass is 9.92. The summed E-state index contributed by atoms with van der Waals surface area (Å²) in [6, 6.07) is 10.3. The zero-order valence-electron chi connectivity index (χ0n) is 20.4. The Morgan fingerprint density at radius 1 is 1.07 bits per heavy atom. The molecule has 0 bridgehead atoms. The molecule has 1 aromatic rings. The number of rotatable bonds is 7. The van der Waals surface area contributed by atoms with Gasteiger partial charge in [0, 0.05) is 11.7 Å². The molecule has 0 unspecified atom stereocenters. The van der Waals surface area contributed by atoms with Gasteiger partial charge in [0.15, 0.2) is 0 Å². The van der Waals surface area contributed by atoms with Crippen molar-refractivity contribution in [3.8, 4) is 0 Å². The van der Waals surface area contributed by atoms with Gasteiger partial charge < -0.3 is 9.64 Å². The molecule has 1 heterocycles. The number of esters is 1. The van der Waals surface area contributed by atoms with Crippen molar-refractivity contribution < 1.29 is 14.3 Å². The Kier molecular flexibility index (Phi) is 7.45. The maximum absolute atomic E-state index is 13.4. The standard InChI is InChI=1S/C24H41NO3Si2/c1-24(2,3)22(27)28-17-20-19(15-18-13-11-10-12-14-18)16-21(26)25(20)23(29(4,5)6)30(7,8)9/h10-14,19-20,23H,15-17H2,1-9H3/t19-,20+/m1/s1. The topological polar surface area (TPSA) is 46.6 Å². The van der Waals surface area contributed by atoms with Crippen molar-refractivity contribution in [3.63, 3.8) is 0 Å². The number of hydrogen-bond acceptors (Lipinski definition) is 3. The second-order valence-corrected chi connectivity index (χ2v) is 23.1. The molecule has 0 spiro atoms. The molecule has 1 aliphatic heterocycles. The van der Waals surface area contributed by atoms with Crippen molar-refractivity contribution in [1.29, 1.82) is 0 Å². The van der Waals surface area contributed by atoms with Crippen LogP contribution in [0.4, 0.5) is 0 Å². The fourth-order valence-corrected chi connectivity index (χ4v) is 17.8. The number of nitrogens with zero attached hydrogens (tertiary/aromatic N) is 1. The van der Waals surface area contributed by atoms with Gasteiger partial charge in [0.05, 0.1) is 27.6 Å². The first-order chi connectivity index (χ1) is 13.6. The summed E-state index contributed by atoms with van der Waals surface area (Å²) in [7, 11) is -3.32. The van der Waals surface area contributed by atoms with Gasteiger partial charge in [0.25, 0.3) is 0 Å². The minimum Gasteiger partial charge on any atom is -0.463 e. The predicted octanol–water partition coefficient (Wildman–Crippen LogP) is 5.16. The second kappa shape index (κ2) is 8.99. The van der Waals surface area contributed by atoms with E-state index in [1.54, 1.807) is 0 Å². The molecule has 1 aromatic carbocycles. The zero-order chi connectivity index (χ0) is 22.9. The van der Waals surface area contributed by atoms with Crippen LogP contribution in [0.1, 0.15) is 32.8 Å². The molecule has 1 fully saturated rings. The van der Waals surface area contributed by atoms with Gasteiger partial charge in [-0.2, -0.15) is 0 Å². The molecular formula is C24H41NO3Si2. The lowest BCUT2D eigenvalue weighted by Gasteiger charge is -2.47. The van der Waals surface area contributed by atoms with Crippen LogP contribution in [0.2, 0.25) is 39.3 Å². The lowest BCUT2D eigenvalue weighted by Crippen LogP contribution is -2.66. The van der Waals surface area contributed by atoms with Crippen LogP contribution in [0.25, 0.3) is 0 Å². The third-order valence-electron chi connectivity index (χ3n) is 5.88. The Labute approximate surface area is 185 Å². The monoisotopic (exact) mass is 447 g/mol. The normalized spacial score (nSPS) is 20.7. The summed E-state index contributed by atoms with van der Waals surface area (Å²) in [5.41, 5.74) is 0.695. The number of likely N-dealkylation sites (tertiary alicyclic amines) is 1. The SMILES string of the molecule is CC(C)(C)C(=O)OC[C@H]1[C@H](Cc2ccccc2)CC(=O)N1C([Si](C)(C)C)[Si](C)(C)C. The molecule has 1 saturated heterocycles. The summed E-state index contributed by atoms with van der Waals surface area (Å²) in [5, 5.41) is 0.316. The molecule has 168 valence electrons. The van der Waals surface area contributed by atoms with E-state index >= 15 is 0 Å². The molecule has 1 aliphatic rings. The average molecular weight is 448 g/mol. The van der Waals surface area contributed by atoms with E-state index in [1.165, 1.54) is 5.56 Å². The van der Waals surface area contributed by atoms with Crippen LogP contribution in [0.15, 0.2) is 30.3 Å². The molecule has 0 radical (unpaired) electrons. The Hall–Kier alpha value is -1.41. The summed E-state index contributed by atoms with van der Waals surface area (Å²) in [4.78, 5) is 28.1. The molecule has 0 N–H and O–H groups in total. The van der Waals surface area contributed by atoms with Gasteiger partial charge in [-0.15, -0.1) is 0 Å². The van der Waals surface area contributed by atoms with Gasteiger partial charge in [-0.05, 0) is 38.7 Å². The minimum atomic E-state index is -1.66. The highest BCUT2D eigenvalue weighted by atomic mass is 28.4. The molecule has 0 saturated carbocycles. The molecule has 0 aromatic heterocycles. The first kappa shape index (κ1) is 24.9. The minimum absolute atomic E-state index is 0.0487. The largest absolute Gasteiger partial charge is 0.463 e. The van der Waals surface area contributed by atoms with Crippen LogP contribution in [0.3, 0.4) is 0 Å². The maximum atomic E-state index is 13.4. The number of ether oxygens (including phenoxy) is 1. The average Bonchev–Trinajstić information content (AvgIpc) is 2.85. The van der Waals surface area contributed by atoms with Crippen molar-refractivity contribution in [2.24, 2.45) is 11.3 Å². The van der Waals surface area contributed by atoms with Gasteiger partial charge in [-0.25, -0.2) is 0 Å². The Bertz CT molecular complexity index is 730. The highest BCUT2D eigenvalue weighted by molar-refractivity contribution is 6.96. The number of benzene rings is 1. The number of carbonyl (C=O) groups is 2. The van der Waals surface area contributed by atoms with Crippen LogP contribution in [-0.2, 0) is 20.7 Å². The van der Waals surface area contributed by atoms with Crippen molar-refractivity contribution in [1.82, 2.24) is 4.90 Å². The third-order valence-corrected chi connectivity index (χ3v) is 14.9. The first-order valence-corrected chi connectivity index (χ1v) is 18.3. The van der Waals surface area contributed by atoms with E-state index in [0.717, 1.165) is 6.42 Å². The lowest BCUT2D eigenvalue weighted by molar-refractivity contribution is -0.155. The fourth-order valence-electron chi connectivity index (χ4n) is 5.07. The second-order valence-electron chi connectivity index (χ2n) is 12.0. The van der Waals surface area contributed by atoms with Crippen LogP contribution in [0, 0.1) is 11.3 Å². The van der Waals surface area contributed by atoms with Gasteiger partial charge in [0.1, 0.15) is 6.61 Å². The van der Waals surface area contributed by atoms with Gasteiger partial charge >= 0.3 is 5.97 Å². The summed E-state index contributed by atoms with van der Waals surface area (Å²) >= 11 is 0. The van der Waals surface area contributed by atoms with Crippen LogP contribution < -0.4 is 0 Å². The van der Waals surface area contributed by atoms with Gasteiger partial charge in [0.2, 0.25) is 5.91 Å². The third kappa shape index (κ3) is 6.06. The maximum Gasteiger partial charge on any atom is 0.311 e. The van der Waals surface area contributed by atoms with Gasteiger partial charge in [-0.3, -0.25) is 9.59 Å². The predicted molar refractivity (Wildman–Crippen MR) is 130 cm³/mol. The van der Waals surface area contributed by atoms with E-state index in [2.05, 4.69) is 56.3 Å². The molecular weight excluding hydrogens is 406 g/mol. The van der Waals surface area contributed by atoms with Crippen molar-refractivity contribution >= 4 is 28.0 Å². The molecule has 2 atom stereocenters. The van der Waals surface area contributed by atoms with E-state index in [9.17, 15) is 9.59 Å². The van der Waals surface area contributed by atoms with Crippen LogP contribution in [-0.4, -0.2) is 50.9 Å². The highest BCUT2D eigenvalue weighted by Gasteiger charge is 2.51. The van der Waals surface area contributed by atoms with Crippen molar-refractivity contribution in [3.05, 3.63) is 35.9 Å². The first-order valence-electron chi connectivity index (χ1n) is 11.1. The Morgan fingerprint density at radius 3 is 2.07 bits per heavy atom. The number of amides is 1. The smallest absolute Gasteiger partial charge is 0.311 e. The zero-order valence-corrected chi connectivity index (χ0v) is 22.4. The molecule has 1 amide bonds. The molecule has 0 aliphatic carbocycles. The van der Waals surface area contributed by atoms with Gasteiger partial charge in [-0.1, -0.05) is 69.6 Å². The van der Waals surface area contributed by atoms with E-state index in [1.807, 2.05) is 39.0 Å². The Balaban J connectivity index is 2.39. The van der Waals surface area contributed by atoms with E-state index in [0.29, 0.717) is 18.3 Å². The van der Waals surface area contributed by atoms with E-state index < -0.39 is 21.6 Å². The quantitative estimate of drug-likeness (QED) is 0.428. The van der Waals surface area contributed by atoms with Crippen molar-refractivity contribution in [2.75, 3.05) is 6.61 Å². The van der Waals surface area contributed by atoms with E-state index in [-0.39, 0.29) is 23.8 Å². The van der Waals surface area contributed by atoms with Crippen molar-refractivity contribution in [2.45, 2.75) is 84.2 Å². The molecule has 6 heteroatoms. The summed E-state index contributed by atoms with van der Waals surface area (Å²) in [6.07, 6.45) is 1.38. The Morgan fingerprint density at radius 2 is 1.60 bits per heavy atom. The summed E-state index contributed by atoms with van der Waals surface area (Å²) in [5.74, 6) is 0.211. The highest BCUT2D eigenvalue weighted by Crippen LogP contribution is 2.37. The van der Waals surface area contributed by atoms with E-state index in [4.69, 9.17) is 4.74 Å². The summed E-state index contributed by atoms with van der Waals surface area (Å²) in [6.45, 7) is 20.1. The number of carbonyl (C=O) groups excluding carboxylic acids is 2. The molecule has 2 rings (SSSR count). The van der Waals surface area contributed by atoms with Crippen LogP contribution in [0.5, 0.6) is 0 Å². The molecule has 4 nitrogen and oxygen atoms in total. The fraction of sp³-hybridized carbons (Fsp3) is 0.667. The van der Waals surface area contributed by atoms with Crippen LogP contribution >= 0.6 is 0 Å². The molecule has 30 heavy (non-hydrogen) atoms. The number of hydrogen-bond donors (Lipinski definition) is 0. The summed E-state index contributed by atoms with van der Waals surface area (Å²) < 4.78 is 5.81.